The first-order valence-electron chi connectivity index (χ1n) is 8.38. The van der Waals surface area contributed by atoms with Gasteiger partial charge in [0.1, 0.15) is 23.4 Å². The van der Waals surface area contributed by atoms with E-state index in [1.54, 1.807) is 30.3 Å². The molecule has 2 aromatic rings. The molecule has 1 amide bonds. The van der Waals surface area contributed by atoms with Crippen molar-refractivity contribution in [3.8, 4) is 5.75 Å². The van der Waals surface area contributed by atoms with Gasteiger partial charge in [-0.2, -0.15) is 5.10 Å². The highest BCUT2D eigenvalue weighted by molar-refractivity contribution is 8.15. The summed E-state index contributed by atoms with van der Waals surface area (Å²) in [5, 5.41) is 18.9. The Kier molecular flexibility index (Phi) is 6.84. The number of carboxylic acids is 1. The summed E-state index contributed by atoms with van der Waals surface area (Å²) in [6, 6.07) is 11.3. The Morgan fingerprint density at radius 1 is 1.31 bits per heavy atom. The number of carboxylic acid groups (broad SMARTS) is 1. The predicted octanol–water partition coefficient (Wildman–Crippen LogP) is 3.45. The van der Waals surface area contributed by atoms with E-state index in [2.05, 4.69) is 15.5 Å². The molecule has 0 saturated carbocycles. The third-order valence-corrected chi connectivity index (χ3v) is 5.24. The lowest BCUT2D eigenvalue weighted by molar-refractivity contribution is -0.138. The van der Waals surface area contributed by atoms with Crippen LogP contribution in [0.25, 0.3) is 0 Å². The van der Waals surface area contributed by atoms with Crippen LogP contribution in [-0.2, 0) is 16.2 Å². The second-order valence-corrected chi connectivity index (χ2v) is 7.50. The number of nitrogens with one attached hydrogen (secondary N) is 1. The SMILES string of the molecule is O=C(O)CC1SC(=NN=Cc2ccc(OCc3c(F)cccc3Cl)cc2)NC1=O. The van der Waals surface area contributed by atoms with Crippen molar-refractivity contribution in [2.45, 2.75) is 18.3 Å². The molecule has 1 heterocycles. The van der Waals surface area contributed by atoms with Gasteiger partial charge in [0.25, 0.3) is 0 Å². The summed E-state index contributed by atoms with van der Waals surface area (Å²) in [5.41, 5.74) is 1.01. The minimum atomic E-state index is -1.05. The minimum absolute atomic E-state index is 0.00102. The quantitative estimate of drug-likeness (QED) is 0.512. The van der Waals surface area contributed by atoms with E-state index >= 15 is 0 Å². The number of aliphatic carboxylic acids is 1. The van der Waals surface area contributed by atoms with Gasteiger partial charge in [0.2, 0.25) is 5.91 Å². The summed E-state index contributed by atoms with van der Waals surface area (Å²) in [4.78, 5) is 22.3. The molecular formula is C19H15ClFN3O4S. The van der Waals surface area contributed by atoms with Gasteiger partial charge in [-0.25, -0.2) is 4.39 Å². The number of nitrogens with zero attached hydrogens (tertiary/aromatic N) is 2. The van der Waals surface area contributed by atoms with Gasteiger partial charge in [0, 0.05) is 5.56 Å². The van der Waals surface area contributed by atoms with E-state index in [9.17, 15) is 14.0 Å². The second-order valence-electron chi connectivity index (χ2n) is 5.90. The highest BCUT2D eigenvalue weighted by atomic mass is 35.5. The van der Waals surface area contributed by atoms with Crippen molar-refractivity contribution in [2.75, 3.05) is 0 Å². The van der Waals surface area contributed by atoms with E-state index in [4.69, 9.17) is 21.4 Å². The zero-order valence-electron chi connectivity index (χ0n) is 14.8. The molecule has 1 atom stereocenters. The van der Waals surface area contributed by atoms with Crippen molar-refractivity contribution in [1.82, 2.24) is 5.32 Å². The normalized spacial score (nSPS) is 17.7. The van der Waals surface area contributed by atoms with E-state index in [1.807, 2.05) is 0 Å². The Morgan fingerprint density at radius 3 is 2.76 bits per heavy atom. The van der Waals surface area contributed by atoms with Gasteiger partial charge in [-0.3, -0.25) is 9.59 Å². The van der Waals surface area contributed by atoms with Gasteiger partial charge in [0.15, 0.2) is 5.17 Å². The lowest BCUT2D eigenvalue weighted by Gasteiger charge is -2.08. The molecule has 150 valence electrons. The third-order valence-electron chi connectivity index (χ3n) is 3.82. The largest absolute Gasteiger partial charge is 0.489 e. The van der Waals surface area contributed by atoms with Crippen LogP contribution in [-0.4, -0.2) is 33.6 Å². The van der Waals surface area contributed by atoms with Gasteiger partial charge in [0.05, 0.1) is 17.7 Å². The van der Waals surface area contributed by atoms with Gasteiger partial charge in [-0.1, -0.05) is 29.4 Å². The van der Waals surface area contributed by atoms with Crippen LogP contribution in [0.15, 0.2) is 52.7 Å². The molecule has 1 aliphatic heterocycles. The Morgan fingerprint density at radius 2 is 2.07 bits per heavy atom. The molecule has 0 aromatic heterocycles. The monoisotopic (exact) mass is 435 g/mol. The lowest BCUT2D eigenvalue weighted by atomic mass is 10.2. The number of benzene rings is 2. The zero-order chi connectivity index (χ0) is 20.8. The third kappa shape index (κ3) is 5.78. The summed E-state index contributed by atoms with van der Waals surface area (Å²) in [6.45, 7) is 0.00102. The number of halogens is 2. The van der Waals surface area contributed by atoms with Crippen LogP contribution in [0.3, 0.4) is 0 Å². The van der Waals surface area contributed by atoms with E-state index < -0.39 is 22.9 Å². The first-order valence-corrected chi connectivity index (χ1v) is 9.64. The van der Waals surface area contributed by atoms with Crippen molar-refractivity contribution in [3.63, 3.8) is 0 Å². The number of thioether (sulfide) groups is 1. The van der Waals surface area contributed by atoms with Gasteiger partial charge < -0.3 is 15.2 Å². The van der Waals surface area contributed by atoms with Crippen molar-refractivity contribution < 1.29 is 23.8 Å². The van der Waals surface area contributed by atoms with Crippen LogP contribution < -0.4 is 10.1 Å². The standard InChI is InChI=1S/C19H15ClFN3O4S/c20-14-2-1-3-15(21)13(14)10-28-12-6-4-11(5-7-12)9-22-24-19-23-18(27)16(29-19)8-17(25)26/h1-7,9,16H,8,10H2,(H,25,26)(H,23,24,27). The first kappa shape index (κ1) is 20.8. The molecule has 7 nitrogen and oxygen atoms in total. The fraction of sp³-hybridized carbons (Fsp3) is 0.158. The molecule has 10 heteroatoms. The van der Waals surface area contributed by atoms with Crippen molar-refractivity contribution in [1.29, 1.82) is 0 Å². The summed E-state index contributed by atoms with van der Waals surface area (Å²) in [5.74, 6) is -1.35. The van der Waals surface area contributed by atoms with Crippen molar-refractivity contribution in [2.24, 2.45) is 10.2 Å². The van der Waals surface area contributed by atoms with Gasteiger partial charge in [-0.05, 0) is 42.0 Å². The van der Waals surface area contributed by atoms with E-state index in [-0.39, 0.29) is 23.8 Å². The van der Waals surface area contributed by atoms with Gasteiger partial charge in [-0.15, -0.1) is 5.10 Å². The van der Waals surface area contributed by atoms with Crippen LogP contribution in [0.2, 0.25) is 5.02 Å². The fourth-order valence-corrected chi connectivity index (χ4v) is 3.50. The fourth-order valence-electron chi connectivity index (χ4n) is 2.37. The molecule has 0 bridgehead atoms. The van der Waals surface area contributed by atoms with Crippen LogP contribution in [0.5, 0.6) is 5.75 Å². The first-order chi connectivity index (χ1) is 13.9. The Labute approximate surface area is 174 Å². The number of carbonyl (C=O) groups excluding carboxylic acids is 1. The number of amidine groups is 1. The number of hydrogen-bond donors (Lipinski definition) is 2. The maximum Gasteiger partial charge on any atom is 0.305 e. The molecule has 2 aromatic carbocycles. The molecule has 0 spiro atoms. The number of hydrogen-bond acceptors (Lipinski definition) is 6. The van der Waals surface area contributed by atoms with E-state index in [0.717, 1.165) is 17.3 Å². The van der Waals surface area contributed by atoms with Crippen LogP contribution in [0, 0.1) is 5.82 Å². The van der Waals surface area contributed by atoms with Crippen LogP contribution in [0.1, 0.15) is 17.5 Å². The molecule has 2 N–H and O–H groups in total. The number of ether oxygens (including phenoxy) is 1. The summed E-state index contributed by atoms with van der Waals surface area (Å²) >= 11 is 6.99. The Balaban J connectivity index is 1.55. The molecule has 3 rings (SSSR count). The van der Waals surface area contributed by atoms with Crippen LogP contribution >= 0.6 is 23.4 Å². The van der Waals surface area contributed by atoms with E-state index in [1.165, 1.54) is 18.3 Å². The molecule has 1 aliphatic rings. The summed E-state index contributed by atoms with van der Waals surface area (Å²) in [7, 11) is 0. The Bertz CT molecular complexity index is 962. The smallest absolute Gasteiger partial charge is 0.305 e. The number of rotatable bonds is 7. The predicted molar refractivity (Wildman–Crippen MR) is 109 cm³/mol. The highest BCUT2D eigenvalue weighted by Crippen LogP contribution is 2.23. The number of carbonyl (C=O) groups is 2. The molecular weight excluding hydrogens is 421 g/mol. The molecule has 29 heavy (non-hydrogen) atoms. The minimum Gasteiger partial charge on any atom is -0.489 e. The van der Waals surface area contributed by atoms with Gasteiger partial charge >= 0.3 is 5.97 Å². The topological polar surface area (TPSA) is 100 Å². The van der Waals surface area contributed by atoms with Crippen LogP contribution in [0.4, 0.5) is 4.39 Å². The van der Waals surface area contributed by atoms with E-state index in [0.29, 0.717) is 10.8 Å². The zero-order valence-corrected chi connectivity index (χ0v) is 16.4. The molecule has 1 fully saturated rings. The average molecular weight is 436 g/mol. The van der Waals surface area contributed by atoms with Crippen molar-refractivity contribution >= 4 is 46.6 Å². The summed E-state index contributed by atoms with van der Waals surface area (Å²) in [6.07, 6.45) is 1.19. The molecule has 0 radical (unpaired) electrons. The Hall–Kier alpha value is -2.91. The second kappa shape index (κ2) is 9.53. The number of amides is 1. The summed E-state index contributed by atoms with van der Waals surface area (Å²) < 4.78 is 19.3. The van der Waals surface area contributed by atoms with Crippen molar-refractivity contribution in [3.05, 3.63) is 64.4 Å². The maximum atomic E-state index is 13.7. The maximum absolute atomic E-state index is 13.7. The highest BCUT2D eigenvalue weighted by Gasteiger charge is 2.32. The molecule has 0 aliphatic carbocycles. The molecule has 1 unspecified atom stereocenters. The lowest BCUT2D eigenvalue weighted by Crippen LogP contribution is -2.26. The average Bonchev–Trinajstić information content (AvgIpc) is 3.01. The molecule has 1 saturated heterocycles.